The normalized spacial score (nSPS) is 14.1. The maximum atomic E-state index is 12.1. The Balaban J connectivity index is 2.13. The molecule has 1 aliphatic carbocycles. The van der Waals surface area contributed by atoms with Crippen molar-refractivity contribution < 1.29 is 9.90 Å². The molecule has 0 aromatic carbocycles. The predicted octanol–water partition coefficient (Wildman–Crippen LogP) is 1.31. The van der Waals surface area contributed by atoms with E-state index in [1.807, 2.05) is 6.07 Å². The van der Waals surface area contributed by atoms with Crippen molar-refractivity contribution in [3.8, 4) is 11.8 Å². The van der Waals surface area contributed by atoms with Crippen LogP contribution < -0.4 is 0 Å². The second kappa shape index (κ2) is 4.83. The largest absolute Gasteiger partial charge is 0.506 e. The van der Waals surface area contributed by atoms with Gasteiger partial charge in [0.1, 0.15) is 5.75 Å². The molecular formula is C12H13N3O2. The Bertz CT molecular complexity index is 463. The van der Waals surface area contributed by atoms with Crippen LogP contribution in [0.4, 0.5) is 0 Å². The van der Waals surface area contributed by atoms with Gasteiger partial charge in [0.15, 0.2) is 0 Å². The van der Waals surface area contributed by atoms with Gasteiger partial charge in [-0.15, -0.1) is 0 Å². The zero-order valence-corrected chi connectivity index (χ0v) is 9.33. The summed E-state index contributed by atoms with van der Waals surface area (Å²) in [6.07, 6.45) is 5.03. The molecule has 0 spiro atoms. The molecule has 1 aromatic rings. The minimum absolute atomic E-state index is 0.0214. The standard InChI is InChI=1S/C12H13N3O2/c13-4-1-5-15(10-2-3-10)12(17)9-6-11(16)8-14-7-9/h6-8,10,16H,1-3,5H2. The third-order valence-corrected chi connectivity index (χ3v) is 2.68. The molecule has 0 bridgehead atoms. The summed E-state index contributed by atoms with van der Waals surface area (Å²) >= 11 is 0. The number of nitrogens with zero attached hydrogens (tertiary/aromatic N) is 3. The van der Waals surface area contributed by atoms with Gasteiger partial charge in [-0.05, 0) is 18.9 Å². The van der Waals surface area contributed by atoms with Crippen LogP contribution in [0.2, 0.25) is 0 Å². The number of carbonyl (C=O) groups is 1. The number of amides is 1. The summed E-state index contributed by atoms with van der Waals surface area (Å²) in [6.45, 7) is 0.440. The highest BCUT2D eigenvalue weighted by atomic mass is 16.3. The summed E-state index contributed by atoms with van der Waals surface area (Å²) in [4.78, 5) is 17.6. The van der Waals surface area contributed by atoms with E-state index in [2.05, 4.69) is 4.98 Å². The fraction of sp³-hybridized carbons (Fsp3) is 0.417. The van der Waals surface area contributed by atoms with Crippen LogP contribution in [0.5, 0.6) is 5.75 Å². The van der Waals surface area contributed by atoms with Crippen LogP contribution in [-0.4, -0.2) is 33.5 Å². The summed E-state index contributed by atoms with van der Waals surface area (Å²) in [5, 5.41) is 17.9. The first-order valence-corrected chi connectivity index (χ1v) is 5.54. The first-order valence-electron chi connectivity index (χ1n) is 5.54. The number of aromatic hydroxyl groups is 1. The maximum absolute atomic E-state index is 12.1. The van der Waals surface area contributed by atoms with Crippen molar-refractivity contribution in [3.05, 3.63) is 24.0 Å². The summed E-state index contributed by atoms with van der Waals surface area (Å²) in [5.41, 5.74) is 0.370. The first-order chi connectivity index (χ1) is 8.22. The SMILES string of the molecule is N#CCCN(C(=O)c1cncc(O)c1)C1CC1. The lowest BCUT2D eigenvalue weighted by molar-refractivity contribution is 0.0746. The Hall–Kier alpha value is -2.09. The predicted molar refractivity (Wildman–Crippen MR) is 60.2 cm³/mol. The van der Waals surface area contributed by atoms with Crippen LogP contribution in [-0.2, 0) is 0 Å². The van der Waals surface area contributed by atoms with Gasteiger partial charge in [-0.25, -0.2) is 0 Å². The van der Waals surface area contributed by atoms with Crippen molar-refractivity contribution in [1.29, 1.82) is 5.26 Å². The molecule has 5 heteroatoms. The molecule has 0 aliphatic heterocycles. The molecule has 1 saturated carbocycles. The van der Waals surface area contributed by atoms with Crippen LogP contribution in [0.25, 0.3) is 0 Å². The molecule has 0 unspecified atom stereocenters. The Morgan fingerprint density at radius 2 is 2.35 bits per heavy atom. The van der Waals surface area contributed by atoms with Crippen LogP contribution in [0.1, 0.15) is 29.6 Å². The summed E-state index contributed by atoms with van der Waals surface area (Å²) in [7, 11) is 0. The minimum atomic E-state index is -0.161. The van der Waals surface area contributed by atoms with Gasteiger partial charge in [-0.2, -0.15) is 5.26 Å². The lowest BCUT2D eigenvalue weighted by Crippen LogP contribution is -2.33. The van der Waals surface area contributed by atoms with Crippen LogP contribution in [0.15, 0.2) is 18.5 Å². The Labute approximate surface area is 99.3 Å². The van der Waals surface area contributed by atoms with E-state index in [-0.39, 0.29) is 17.7 Å². The molecule has 2 rings (SSSR count). The third-order valence-electron chi connectivity index (χ3n) is 2.68. The van der Waals surface area contributed by atoms with Crippen molar-refractivity contribution in [2.45, 2.75) is 25.3 Å². The zero-order chi connectivity index (χ0) is 12.3. The van der Waals surface area contributed by atoms with Gasteiger partial charge in [0.2, 0.25) is 0 Å². The quantitative estimate of drug-likeness (QED) is 0.847. The maximum Gasteiger partial charge on any atom is 0.255 e. The topological polar surface area (TPSA) is 77.2 Å². The highest BCUT2D eigenvalue weighted by Crippen LogP contribution is 2.28. The van der Waals surface area contributed by atoms with E-state index >= 15 is 0 Å². The molecule has 0 radical (unpaired) electrons. The van der Waals surface area contributed by atoms with Gasteiger partial charge in [0.25, 0.3) is 5.91 Å². The van der Waals surface area contributed by atoms with Crippen LogP contribution in [0, 0.1) is 11.3 Å². The summed E-state index contributed by atoms with van der Waals surface area (Å²) in [5.74, 6) is -0.182. The number of rotatable bonds is 4. The molecule has 1 N–H and O–H groups in total. The second-order valence-corrected chi connectivity index (χ2v) is 4.07. The zero-order valence-electron chi connectivity index (χ0n) is 9.33. The smallest absolute Gasteiger partial charge is 0.255 e. The van der Waals surface area contributed by atoms with Crippen LogP contribution in [0.3, 0.4) is 0 Å². The summed E-state index contributed by atoms with van der Waals surface area (Å²) < 4.78 is 0. The van der Waals surface area contributed by atoms with Crippen molar-refractivity contribution in [2.24, 2.45) is 0 Å². The van der Waals surface area contributed by atoms with Gasteiger partial charge >= 0.3 is 0 Å². The Morgan fingerprint density at radius 3 is 2.94 bits per heavy atom. The molecule has 1 amide bonds. The molecular weight excluding hydrogens is 218 g/mol. The summed E-state index contributed by atoms with van der Waals surface area (Å²) in [6, 6.07) is 3.69. The molecule has 1 heterocycles. The molecule has 0 atom stereocenters. The molecule has 17 heavy (non-hydrogen) atoms. The highest BCUT2D eigenvalue weighted by molar-refractivity contribution is 5.94. The number of aromatic nitrogens is 1. The van der Waals surface area contributed by atoms with E-state index in [1.165, 1.54) is 18.5 Å². The number of carbonyl (C=O) groups excluding carboxylic acids is 1. The van der Waals surface area contributed by atoms with E-state index in [0.29, 0.717) is 18.5 Å². The van der Waals surface area contributed by atoms with Gasteiger partial charge in [-0.3, -0.25) is 9.78 Å². The van der Waals surface area contributed by atoms with E-state index in [9.17, 15) is 9.90 Å². The number of nitriles is 1. The van der Waals surface area contributed by atoms with E-state index < -0.39 is 0 Å². The molecule has 0 saturated heterocycles. The van der Waals surface area contributed by atoms with Crippen molar-refractivity contribution >= 4 is 5.91 Å². The van der Waals surface area contributed by atoms with Crippen molar-refractivity contribution in [2.75, 3.05) is 6.54 Å². The number of hydrogen-bond acceptors (Lipinski definition) is 4. The van der Waals surface area contributed by atoms with Crippen molar-refractivity contribution in [3.63, 3.8) is 0 Å². The first kappa shape index (κ1) is 11.4. The third kappa shape index (κ3) is 2.72. The minimum Gasteiger partial charge on any atom is -0.506 e. The van der Waals surface area contributed by atoms with E-state index in [4.69, 9.17) is 5.26 Å². The average molecular weight is 231 g/mol. The molecule has 1 aromatic heterocycles. The lowest BCUT2D eigenvalue weighted by Gasteiger charge is -2.20. The molecule has 1 aliphatic rings. The second-order valence-electron chi connectivity index (χ2n) is 4.07. The number of hydrogen-bond donors (Lipinski definition) is 1. The van der Waals surface area contributed by atoms with Gasteiger partial charge in [0, 0.05) is 18.8 Å². The fourth-order valence-corrected chi connectivity index (χ4v) is 1.72. The lowest BCUT2D eigenvalue weighted by atomic mass is 10.2. The highest BCUT2D eigenvalue weighted by Gasteiger charge is 2.32. The van der Waals surface area contributed by atoms with E-state index in [0.717, 1.165) is 12.8 Å². The van der Waals surface area contributed by atoms with Crippen molar-refractivity contribution in [1.82, 2.24) is 9.88 Å². The fourth-order valence-electron chi connectivity index (χ4n) is 1.72. The number of pyridine rings is 1. The monoisotopic (exact) mass is 231 g/mol. The van der Waals surface area contributed by atoms with Gasteiger partial charge < -0.3 is 10.0 Å². The van der Waals surface area contributed by atoms with E-state index in [1.54, 1.807) is 4.90 Å². The van der Waals surface area contributed by atoms with Crippen LogP contribution >= 0.6 is 0 Å². The van der Waals surface area contributed by atoms with Gasteiger partial charge in [-0.1, -0.05) is 0 Å². The Kier molecular flexibility index (Phi) is 3.24. The molecule has 88 valence electrons. The van der Waals surface area contributed by atoms with Gasteiger partial charge in [0.05, 0.1) is 24.3 Å². The molecule has 1 fully saturated rings. The molecule has 5 nitrogen and oxygen atoms in total. The average Bonchev–Trinajstić information content (AvgIpc) is 3.14. The Morgan fingerprint density at radius 1 is 1.59 bits per heavy atom.